The standard InChI is InChI=1S/C25H33N3O7S/c1-14(2)12-34-23(32)19-16(11-29)13-36-22-18(21(31)28(19)22)26-20(30)17(15-9-7-6-8-10-15)27-24(33)35-25(3,4)5/h6-10,14,17-18,22,29H,11-13H2,1-5H3,(H,26,30)(H,27,33)/t17?,18-,22-/m1/s1. The van der Waals surface area contributed by atoms with E-state index in [1.165, 1.54) is 16.7 Å². The van der Waals surface area contributed by atoms with E-state index in [1.54, 1.807) is 51.1 Å². The Morgan fingerprint density at radius 3 is 2.44 bits per heavy atom. The molecule has 3 rings (SSSR count). The molecule has 10 nitrogen and oxygen atoms in total. The average molecular weight is 520 g/mol. The van der Waals surface area contributed by atoms with Crippen molar-refractivity contribution in [3.8, 4) is 0 Å². The molecular formula is C25H33N3O7S. The molecule has 1 aromatic carbocycles. The zero-order valence-electron chi connectivity index (χ0n) is 21.1. The van der Waals surface area contributed by atoms with Crippen LogP contribution in [-0.4, -0.2) is 69.9 Å². The van der Waals surface area contributed by atoms with E-state index in [4.69, 9.17) is 9.47 Å². The number of nitrogens with one attached hydrogen (secondary N) is 2. The van der Waals surface area contributed by atoms with Crippen LogP contribution in [0.15, 0.2) is 41.6 Å². The number of β-lactam (4-membered cyclic amide) rings is 1. The highest BCUT2D eigenvalue weighted by molar-refractivity contribution is 8.00. The first-order valence-corrected chi connectivity index (χ1v) is 12.8. The minimum Gasteiger partial charge on any atom is -0.461 e. The van der Waals surface area contributed by atoms with Crippen molar-refractivity contribution in [3.63, 3.8) is 0 Å². The first-order chi connectivity index (χ1) is 16.9. The molecule has 0 spiro atoms. The molecule has 11 heteroatoms. The van der Waals surface area contributed by atoms with Crippen molar-refractivity contribution < 1.29 is 33.8 Å². The summed E-state index contributed by atoms with van der Waals surface area (Å²) in [4.78, 5) is 52.8. The Hall–Kier alpha value is -3.05. The summed E-state index contributed by atoms with van der Waals surface area (Å²) in [5.74, 6) is -1.35. The summed E-state index contributed by atoms with van der Waals surface area (Å²) in [6, 6.07) is 6.60. The lowest BCUT2D eigenvalue weighted by molar-refractivity contribution is -0.153. The zero-order valence-corrected chi connectivity index (χ0v) is 21.9. The molecule has 1 saturated heterocycles. The number of rotatable bonds is 8. The number of ether oxygens (including phenoxy) is 2. The highest BCUT2D eigenvalue weighted by Gasteiger charge is 2.54. The molecule has 0 saturated carbocycles. The molecule has 3 amide bonds. The van der Waals surface area contributed by atoms with Crippen molar-refractivity contribution in [3.05, 3.63) is 47.2 Å². The van der Waals surface area contributed by atoms with E-state index in [2.05, 4.69) is 10.6 Å². The molecule has 1 fully saturated rings. The molecule has 0 aromatic heterocycles. The van der Waals surface area contributed by atoms with Gasteiger partial charge in [0.25, 0.3) is 5.91 Å². The Labute approximate surface area is 214 Å². The quantitative estimate of drug-likeness (QED) is 0.351. The van der Waals surface area contributed by atoms with Gasteiger partial charge in [0.1, 0.15) is 28.8 Å². The maximum Gasteiger partial charge on any atom is 0.408 e. The summed E-state index contributed by atoms with van der Waals surface area (Å²) in [6.45, 7) is 8.71. The number of benzene rings is 1. The second-order valence-electron chi connectivity index (χ2n) is 9.99. The normalized spacial score (nSPS) is 20.3. The van der Waals surface area contributed by atoms with Crippen LogP contribution in [0.1, 0.15) is 46.2 Å². The van der Waals surface area contributed by atoms with E-state index >= 15 is 0 Å². The molecule has 196 valence electrons. The number of fused-ring (bicyclic) bond motifs is 1. The fourth-order valence-corrected chi connectivity index (χ4v) is 5.05. The Bertz CT molecular complexity index is 1040. The Balaban J connectivity index is 1.76. The van der Waals surface area contributed by atoms with Gasteiger partial charge in [-0.25, -0.2) is 9.59 Å². The molecule has 1 aromatic rings. The second kappa shape index (κ2) is 11.3. The monoisotopic (exact) mass is 519 g/mol. The number of amides is 3. The van der Waals surface area contributed by atoms with Crippen LogP contribution in [0.5, 0.6) is 0 Å². The van der Waals surface area contributed by atoms with Gasteiger partial charge in [0, 0.05) is 5.75 Å². The van der Waals surface area contributed by atoms with Crippen molar-refractivity contribution >= 4 is 35.6 Å². The number of nitrogens with zero attached hydrogens (tertiary/aromatic N) is 1. The number of esters is 1. The van der Waals surface area contributed by atoms with Crippen LogP contribution in [0, 0.1) is 5.92 Å². The highest BCUT2D eigenvalue weighted by atomic mass is 32.2. The molecule has 1 unspecified atom stereocenters. The first kappa shape index (κ1) is 27.5. The second-order valence-corrected chi connectivity index (χ2v) is 11.1. The van der Waals surface area contributed by atoms with Crippen LogP contribution < -0.4 is 10.6 Å². The SMILES string of the molecule is CC(C)COC(=O)C1=C(CO)CS[C@@H]2[C@H](NC(=O)C(NC(=O)OC(C)(C)C)c3ccccc3)C(=O)N12. The minimum absolute atomic E-state index is 0.0314. The highest BCUT2D eigenvalue weighted by Crippen LogP contribution is 2.40. The van der Waals surface area contributed by atoms with Gasteiger partial charge >= 0.3 is 12.1 Å². The van der Waals surface area contributed by atoms with E-state index in [-0.39, 0.29) is 24.8 Å². The lowest BCUT2D eigenvalue weighted by atomic mass is 10.0. The molecule has 3 atom stereocenters. The van der Waals surface area contributed by atoms with Crippen molar-refractivity contribution in [2.45, 2.75) is 57.7 Å². The van der Waals surface area contributed by atoms with Crippen molar-refractivity contribution in [1.29, 1.82) is 0 Å². The predicted octanol–water partition coefficient (Wildman–Crippen LogP) is 2.10. The lowest BCUT2D eigenvalue weighted by Crippen LogP contribution is -2.71. The van der Waals surface area contributed by atoms with Crippen LogP contribution in [-0.2, 0) is 23.9 Å². The fourth-order valence-electron chi connectivity index (χ4n) is 3.71. The molecule has 2 aliphatic rings. The van der Waals surface area contributed by atoms with Gasteiger partial charge in [0.05, 0.1) is 13.2 Å². The summed E-state index contributed by atoms with van der Waals surface area (Å²) in [6.07, 6.45) is -0.772. The van der Waals surface area contributed by atoms with Crippen LogP contribution in [0.2, 0.25) is 0 Å². The van der Waals surface area contributed by atoms with E-state index in [0.717, 1.165) is 0 Å². The van der Waals surface area contributed by atoms with Gasteiger partial charge in [-0.3, -0.25) is 14.5 Å². The summed E-state index contributed by atoms with van der Waals surface area (Å²) in [5.41, 5.74) is 0.185. The molecule has 36 heavy (non-hydrogen) atoms. The Morgan fingerprint density at radius 2 is 1.86 bits per heavy atom. The van der Waals surface area contributed by atoms with Crippen LogP contribution in [0.25, 0.3) is 0 Å². The van der Waals surface area contributed by atoms with Gasteiger partial charge in [-0.1, -0.05) is 44.2 Å². The van der Waals surface area contributed by atoms with Gasteiger partial charge in [-0.2, -0.15) is 0 Å². The molecule has 0 bridgehead atoms. The van der Waals surface area contributed by atoms with E-state index in [0.29, 0.717) is 16.9 Å². The summed E-state index contributed by atoms with van der Waals surface area (Å²) >= 11 is 1.33. The number of thioether (sulfide) groups is 1. The maximum atomic E-state index is 13.3. The van der Waals surface area contributed by atoms with Crippen molar-refractivity contribution in [1.82, 2.24) is 15.5 Å². The van der Waals surface area contributed by atoms with E-state index in [1.807, 2.05) is 13.8 Å². The van der Waals surface area contributed by atoms with Gasteiger partial charge in [-0.15, -0.1) is 11.8 Å². The fraction of sp³-hybridized carbons (Fsp3) is 0.520. The third-order valence-electron chi connectivity index (χ3n) is 5.33. The number of aliphatic hydroxyl groups excluding tert-OH is 1. The molecule has 0 aliphatic carbocycles. The van der Waals surface area contributed by atoms with Gasteiger partial charge in [0.15, 0.2) is 0 Å². The number of carbonyl (C=O) groups excluding carboxylic acids is 4. The summed E-state index contributed by atoms with van der Waals surface area (Å²) in [7, 11) is 0. The van der Waals surface area contributed by atoms with Crippen molar-refractivity contribution in [2.75, 3.05) is 19.0 Å². The molecule has 2 aliphatic heterocycles. The maximum absolute atomic E-state index is 13.3. The first-order valence-electron chi connectivity index (χ1n) is 11.7. The van der Waals surface area contributed by atoms with Crippen molar-refractivity contribution in [2.24, 2.45) is 5.92 Å². The largest absolute Gasteiger partial charge is 0.461 e. The van der Waals surface area contributed by atoms with Crippen LogP contribution >= 0.6 is 11.8 Å². The topological polar surface area (TPSA) is 134 Å². The molecule has 2 heterocycles. The van der Waals surface area contributed by atoms with Gasteiger partial charge in [-0.05, 0) is 37.8 Å². The zero-order chi connectivity index (χ0) is 26.6. The predicted molar refractivity (Wildman–Crippen MR) is 133 cm³/mol. The number of carbonyl (C=O) groups is 4. The summed E-state index contributed by atoms with van der Waals surface area (Å²) < 4.78 is 10.6. The number of hydrogen-bond acceptors (Lipinski definition) is 8. The van der Waals surface area contributed by atoms with Gasteiger partial charge < -0.3 is 25.2 Å². The molecule has 0 radical (unpaired) electrons. The molecular weight excluding hydrogens is 486 g/mol. The minimum atomic E-state index is -1.10. The number of aliphatic hydroxyl groups is 1. The Kier molecular flexibility index (Phi) is 8.67. The van der Waals surface area contributed by atoms with Crippen LogP contribution in [0.4, 0.5) is 4.79 Å². The number of alkyl carbamates (subject to hydrolysis) is 1. The van der Waals surface area contributed by atoms with Crippen LogP contribution in [0.3, 0.4) is 0 Å². The molecule has 3 N–H and O–H groups in total. The lowest BCUT2D eigenvalue weighted by Gasteiger charge is -2.49. The smallest absolute Gasteiger partial charge is 0.408 e. The van der Waals surface area contributed by atoms with E-state index in [9.17, 15) is 24.3 Å². The van der Waals surface area contributed by atoms with Gasteiger partial charge in [0.2, 0.25) is 5.91 Å². The third-order valence-corrected chi connectivity index (χ3v) is 6.67. The Morgan fingerprint density at radius 1 is 1.19 bits per heavy atom. The van der Waals surface area contributed by atoms with E-state index < -0.39 is 46.9 Å². The third kappa shape index (κ3) is 6.38. The average Bonchev–Trinajstić information content (AvgIpc) is 2.82. The summed E-state index contributed by atoms with van der Waals surface area (Å²) in [5, 5.41) is 14.5. The number of hydrogen-bond donors (Lipinski definition) is 3.